The summed E-state index contributed by atoms with van der Waals surface area (Å²) in [6.07, 6.45) is 5.70. The van der Waals surface area contributed by atoms with E-state index in [1.165, 1.54) is 0 Å². The number of nitrogens with zero attached hydrogens (tertiary/aromatic N) is 7. The van der Waals surface area contributed by atoms with Crippen LogP contribution in [-0.4, -0.2) is 57.8 Å². The molecular formula is C15H22N8O. The van der Waals surface area contributed by atoms with E-state index >= 15 is 0 Å². The molecule has 0 spiro atoms. The Morgan fingerprint density at radius 2 is 2.04 bits per heavy atom. The first-order valence-electron chi connectivity index (χ1n) is 8.03. The van der Waals surface area contributed by atoms with Gasteiger partial charge in [0.15, 0.2) is 5.82 Å². The minimum absolute atomic E-state index is 0.131. The molecule has 9 nitrogen and oxygen atoms in total. The van der Waals surface area contributed by atoms with Gasteiger partial charge in [0.05, 0.1) is 6.54 Å². The maximum atomic E-state index is 12.0. The van der Waals surface area contributed by atoms with Crippen molar-refractivity contribution in [3.8, 4) is 0 Å². The molecule has 0 aliphatic carbocycles. The van der Waals surface area contributed by atoms with Gasteiger partial charge in [0.25, 0.3) is 0 Å². The van der Waals surface area contributed by atoms with Crippen molar-refractivity contribution >= 4 is 17.8 Å². The van der Waals surface area contributed by atoms with Gasteiger partial charge in [-0.3, -0.25) is 9.48 Å². The number of hydrogen-bond acceptors (Lipinski definition) is 7. The van der Waals surface area contributed by atoms with Gasteiger partial charge in [-0.25, -0.2) is 0 Å². The van der Waals surface area contributed by atoms with Crippen molar-refractivity contribution in [2.75, 3.05) is 37.0 Å². The fraction of sp³-hybridized carbons (Fsp3) is 0.533. The average molecular weight is 330 g/mol. The van der Waals surface area contributed by atoms with E-state index in [1.807, 2.05) is 19.0 Å². The molecule has 1 fully saturated rings. The molecule has 1 aliphatic heterocycles. The van der Waals surface area contributed by atoms with Crippen molar-refractivity contribution < 1.29 is 4.79 Å². The van der Waals surface area contributed by atoms with Crippen LogP contribution in [0, 0.1) is 0 Å². The molecule has 3 rings (SSSR count). The summed E-state index contributed by atoms with van der Waals surface area (Å²) < 4.78 is 1.57. The van der Waals surface area contributed by atoms with Gasteiger partial charge in [0.2, 0.25) is 17.8 Å². The highest BCUT2D eigenvalue weighted by atomic mass is 16.2. The number of rotatable bonds is 6. The summed E-state index contributed by atoms with van der Waals surface area (Å²) in [7, 11) is 3.78. The van der Waals surface area contributed by atoms with Crippen molar-refractivity contribution in [1.82, 2.24) is 30.0 Å². The van der Waals surface area contributed by atoms with E-state index in [-0.39, 0.29) is 19.0 Å². The lowest BCUT2D eigenvalue weighted by atomic mass is 10.4. The SMILES string of the molecule is CN(C)c1nc(CNC(=O)Cn2cccn2)nc(N2CCCC2)n1. The van der Waals surface area contributed by atoms with E-state index in [1.54, 1.807) is 23.1 Å². The molecule has 9 heteroatoms. The molecule has 0 radical (unpaired) electrons. The van der Waals surface area contributed by atoms with Crippen LogP contribution in [0.3, 0.4) is 0 Å². The summed E-state index contributed by atoms with van der Waals surface area (Å²) in [5.74, 6) is 1.71. The Morgan fingerprint density at radius 3 is 2.71 bits per heavy atom. The molecule has 128 valence electrons. The fourth-order valence-electron chi connectivity index (χ4n) is 2.51. The van der Waals surface area contributed by atoms with E-state index in [0.717, 1.165) is 25.9 Å². The summed E-state index contributed by atoms with van der Waals surface area (Å²) in [6, 6.07) is 1.78. The largest absolute Gasteiger partial charge is 0.347 e. The number of aromatic nitrogens is 5. The van der Waals surface area contributed by atoms with Crippen LogP contribution in [0.2, 0.25) is 0 Å². The zero-order chi connectivity index (χ0) is 16.9. The van der Waals surface area contributed by atoms with Gasteiger partial charge in [-0.15, -0.1) is 0 Å². The molecule has 2 aromatic heterocycles. The number of nitrogens with one attached hydrogen (secondary N) is 1. The van der Waals surface area contributed by atoms with Gasteiger partial charge in [0, 0.05) is 39.6 Å². The van der Waals surface area contributed by atoms with E-state index in [4.69, 9.17) is 0 Å². The molecule has 0 aromatic carbocycles. The Bertz CT molecular complexity index is 679. The lowest BCUT2D eigenvalue weighted by molar-refractivity contribution is -0.122. The third kappa shape index (κ3) is 3.98. The van der Waals surface area contributed by atoms with Crippen molar-refractivity contribution in [3.63, 3.8) is 0 Å². The molecule has 0 bridgehead atoms. The molecule has 3 heterocycles. The van der Waals surface area contributed by atoms with E-state index in [2.05, 4.69) is 30.3 Å². The Kier molecular flexibility index (Phi) is 4.88. The van der Waals surface area contributed by atoms with Crippen molar-refractivity contribution in [1.29, 1.82) is 0 Å². The van der Waals surface area contributed by atoms with Crippen LogP contribution >= 0.6 is 0 Å². The predicted molar refractivity (Wildman–Crippen MR) is 89.7 cm³/mol. The van der Waals surface area contributed by atoms with E-state index < -0.39 is 0 Å². The summed E-state index contributed by atoms with van der Waals surface area (Å²) in [4.78, 5) is 29.4. The monoisotopic (exact) mass is 330 g/mol. The fourth-order valence-corrected chi connectivity index (χ4v) is 2.51. The Balaban J connectivity index is 1.68. The van der Waals surface area contributed by atoms with Crippen LogP contribution in [0.25, 0.3) is 0 Å². The third-order valence-electron chi connectivity index (χ3n) is 3.76. The van der Waals surface area contributed by atoms with Crippen molar-refractivity contribution in [2.24, 2.45) is 0 Å². The first-order chi connectivity index (χ1) is 11.6. The molecule has 1 N–H and O–H groups in total. The van der Waals surface area contributed by atoms with Gasteiger partial charge in [0.1, 0.15) is 6.54 Å². The number of hydrogen-bond donors (Lipinski definition) is 1. The number of carbonyl (C=O) groups excluding carboxylic acids is 1. The molecule has 1 saturated heterocycles. The van der Waals surface area contributed by atoms with Crippen LogP contribution < -0.4 is 15.1 Å². The van der Waals surface area contributed by atoms with Crippen LogP contribution in [0.1, 0.15) is 18.7 Å². The molecule has 24 heavy (non-hydrogen) atoms. The molecular weight excluding hydrogens is 308 g/mol. The first-order valence-corrected chi connectivity index (χ1v) is 8.03. The zero-order valence-electron chi connectivity index (χ0n) is 14.0. The van der Waals surface area contributed by atoms with Gasteiger partial charge < -0.3 is 15.1 Å². The molecule has 0 saturated carbocycles. The lowest BCUT2D eigenvalue weighted by Gasteiger charge is -2.18. The van der Waals surface area contributed by atoms with Gasteiger partial charge >= 0.3 is 0 Å². The van der Waals surface area contributed by atoms with E-state index in [0.29, 0.717) is 17.7 Å². The quantitative estimate of drug-likeness (QED) is 0.800. The number of anilines is 2. The van der Waals surface area contributed by atoms with Crippen molar-refractivity contribution in [2.45, 2.75) is 25.9 Å². The van der Waals surface area contributed by atoms with Crippen LogP contribution in [0.5, 0.6) is 0 Å². The second-order valence-corrected chi connectivity index (χ2v) is 5.92. The minimum Gasteiger partial charge on any atom is -0.347 e. The van der Waals surface area contributed by atoms with Crippen molar-refractivity contribution in [3.05, 3.63) is 24.3 Å². The zero-order valence-corrected chi connectivity index (χ0v) is 14.0. The van der Waals surface area contributed by atoms with Crippen LogP contribution in [0.15, 0.2) is 18.5 Å². The predicted octanol–water partition coefficient (Wildman–Crippen LogP) is 0.0507. The Hall–Kier alpha value is -2.71. The Labute approximate surface area is 140 Å². The standard InChI is InChI=1S/C15H22N8O/c1-21(2)14-18-12(19-15(20-14)22-7-3-4-8-22)10-16-13(24)11-23-9-5-6-17-23/h5-6,9H,3-4,7-8,10-11H2,1-2H3,(H,16,24). The summed E-state index contributed by atoms with van der Waals surface area (Å²) in [5.41, 5.74) is 0. The van der Waals surface area contributed by atoms with Gasteiger partial charge in [-0.2, -0.15) is 20.1 Å². The smallest absolute Gasteiger partial charge is 0.242 e. The third-order valence-corrected chi connectivity index (χ3v) is 3.76. The summed E-state index contributed by atoms with van der Waals surface area (Å²) in [6.45, 7) is 2.37. The number of carbonyl (C=O) groups is 1. The highest BCUT2D eigenvalue weighted by Gasteiger charge is 2.18. The molecule has 1 aliphatic rings. The second-order valence-electron chi connectivity index (χ2n) is 5.92. The van der Waals surface area contributed by atoms with Gasteiger partial charge in [-0.1, -0.05) is 0 Å². The van der Waals surface area contributed by atoms with Crippen LogP contribution in [-0.2, 0) is 17.9 Å². The topological polar surface area (TPSA) is 92.1 Å². The number of amides is 1. The molecule has 2 aromatic rings. The van der Waals surface area contributed by atoms with E-state index in [9.17, 15) is 4.79 Å². The Morgan fingerprint density at radius 1 is 1.25 bits per heavy atom. The molecule has 0 atom stereocenters. The summed E-state index contributed by atoms with van der Waals surface area (Å²) in [5, 5.41) is 6.85. The average Bonchev–Trinajstić information content (AvgIpc) is 3.26. The highest BCUT2D eigenvalue weighted by molar-refractivity contribution is 5.75. The normalized spacial score (nSPS) is 14.0. The first kappa shape index (κ1) is 16.2. The maximum absolute atomic E-state index is 12.0. The second kappa shape index (κ2) is 7.24. The summed E-state index contributed by atoms with van der Waals surface area (Å²) >= 11 is 0. The molecule has 0 unspecified atom stereocenters. The highest BCUT2D eigenvalue weighted by Crippen LogP contribution is 2.17. The minimum atomic E-state index is -0.131. The lowest BCUT2D eigenvalue weighted by Crippen LogP contribution is -2.29. The van der Waals surface area contributed by atoms with Gasteiger partial charge in [-0.05, 0) is 18.9 Å². The molecule has 1 amide bonds. The van der Waals surface area contributed by atoms with Crippen LogP contribution in [0.4, 0.5) is 11.9 Å². The maximum Gasteiger partial charge on any atom is 0.242 e.